The highest BCUT2D eigenvalue weighted by atomic mass is 16.5. The minimum atomic E-state index is 0.0104. The second-order valence-electron chi connectivity index (χ2n) is 5.20. The maximum absolute atomic E-state index is 12.2. The third kappa shape index (κ3) is 3.42. The van der Waals surface area contributed by atoms with Crippen molar-refractivity contribution in [1.29, 1.82) is 0 Å². The van der Waals surface area contributed by atoms with Gasteiger partial charge < -0.3 is 20.1 Å². The average Bonchev–Trinajstić information content (AvgIpc) is 2.86. The molecule has 1 aliphatic heterocycles. The van der Waals surface area contributed by atoms with E-state index in [1.807, 2.05) is 23.1 Å². The van der Waals surface area contributed by atoms with Crippen LogP contribution in [0.25, 0.3) is 0 Å². The smallest absolute Gasteiger partial charge is 0.260 e. The fourth-order valence-electron chi connectivity index (χ4n) is 2.58. The van der Waals surface area contributed by atoms with Gasteiger partial charge in [-0.2, -0.15) is 0 Å². The Labute approximate surface area is 119 Å². The summed E-state index contributed by atoms with van der Waals surface area (Å²) in [5.41, 5.74) is 5.67. The zero-order chi connectivity index (χ0) is 14.5. The molecule has 1 heterocycles. The number of likely N-dealkylation sites (tertiary alicyclic amines) is 1. The molecule has 110 valence electrons. The van der Waals surface area contributed by atoms with Crippen molar-refractivity contribution in [3.05, 3.63) is 24.3 Å². The van der Waals surface area contributed by atoms with Gasteiger partial charge in [-0.05, 0) is 37.9 Å². The van der Waals surface area contributed by atoms with Crippen molar-refractivity contribution in [3.8, 4) is 11.5 Å². The van der Waals surface area contributed by atoms with E-state index in [9.17, 15) is 4.79 Å². The Morgan fingerprint density at radius 3 is 2.85 bits per heavy atom. The number of ether oxygens (including phenoxy) is 2. The number of nitrogens with two attached hydrogens (primary N) is 1. The first-order chi connectivity index (χ1) is 9.63. The van der Waals surface area contributed by atoms with E-state index < -0.39 is 0 Å². The minimum absolute atomic E-state index is 0.0104. The summed E-state index contributed by atoms with van der Waals surface area (Å²) in [5.74, 6) is 1.77. The Morgan fingerprint density at radius 2 is 2.20 bits per heavy atom. The van der Waals surface area contributed by atoms with E-state index in [1.165, 1.54) is 0 Å². The van der Waals surface area contributed by atoms with Crippen molar-refractivity contribution in [3.63, 3.8) is 0 Å². The molecular formula is C15H22N2O3. The Morgan fingerprint density at radius 1 is 1.45 bits per heavy atom. The fraction of sp³-hybridized carbons (Fsp3) is 0.533. The Bertz CT molecular complexity index is 464. The van der Waals surface area contributed by atoms with Crippen LogP contribution in [-0.2, 0) is 4.79 Å². The van der Waals surface area contributed by atoms with Gasteiger partial charge in [0.1, 0.15) is 11.5 Å². The summed E-state index contributed by atoms with van der Waals surface area (Å²) < 4.78 is 10.7. The summed E-state index contributed by atoms with van der Waals surface area (Å²) in [6.45, 7) is 3.47. The lowest BCUT2D eigenvalue weighted by Gasteiger charge is -2.21. The van der Waals surface area contributed by atoms with Gasteiger partial charge in [-0.1, -0.05) is 6.07 Å². The summed E-state index contributed by atoms with van der Waals surface area (Å²) in [4.78, 5) is 14.0. The van der Waals surface area contributed by atoms with Crippen LogP contribution in [0.1, 0.15) is 13.3 Å². The molecule has 0 spiro atoms. The minimum Gasteiger partial charge on any atom is -0.497 e. The molecule has 0 aliphatic carbocycles. The molecule has 5 nitrogen and oxygen atoms in total. The van der Waals surface area contributed by atoms with Gasteiger partial charge in [-0.25, -0.2) is 0 Å². The van der Waals surface area contributed by atoms with Gasteiger partial charge in [0.2, 0.25) is 0 Å². The highest BCUT2D eigenvalue weighted by Gasteiger charge is 2.31. The van der Waals surface area contributed by atoms with Gasteiger partial charge in [-0.15, -0.1) is 0 Å². The lowest BCUT2D eigenvalue weighted by atomic mass is 10.1. The molecule has 2 N–H and O–H groups in total. The number of carbonyl (C=O) groups is 1. The summed E-state index contributed by atoms with van der Waals surface area (Å²) in [6, 6.07) is 7.49. The fourth-order valence-corrected chi connectivity index (χ4v) is 2.58. The van der Waals surface area contributed by atoms with E-state index in [2.05, 4.69) is 6.92 Å². The number of hydrogen-bond donors (Lipinski definition) is 1. The molecule has 1 saturated heterocycles. The van der Waals surface area contributed by atoms with E-state index in [-0.39, 0.29) is 18.6 Å². The van der Waals surface area contributed by atoms with Gasteiger partial charge >= 0.3 is 0 Å². The van der Waals surface area contributed by atoms with Crippen LogP contribution in [0.3, 0.4) is 0 Å². The van der Waals surface area contributed by atoms with Crippen LogP contribution in [0.2, 0.25) is 0 Å². The van der Waals surface area contributed by atoms with Crippen molar-refractivity contribution in [1.82, 2.24) is 4.90 Å². The predicted octanol–water partition coefficient (Wildman–Crippen LogP) is 1.27. The molecule has 1 aromatic carbocycles. The van der Waals surface area contributed by atoms with E-state index in [0.717, 1.165) is 13.0 Å². The topological polar surface area (TPSA) is 64.8 Å². The largest absolute Gasteiger partial charge is 0.497 e. The zero-order valence-electron chi connectivity index (χ0n) is 12.0. The van der Waals surface area contributed by atoms with Crippen molar-refractivity contribution < 1.29 is 14.3 Å². The molecule has 0 aromatic heterocycles. The Hall–Kier alpha value is -1.75. The SMILES string of the molecule is COc1cccc(OCC(=O)N2CC(CN)CC2C)c1. The number of methoxy groups -OCH3 is 1. The van der Waals surface area contributed by atoms with Gasteiger partial charge in [0.05, 0.1) is 7.11 Å². The second kappa shape index (κ2) is 6.61. The maximum atomic E-state index is 12.2. The van der Waals surface area contributed by atoms with Crippen LogP contribution in [0.15, 0.2) is 24.3 Å². The second-order valence-corrected chi connectivity index (χ2v) is 5.20. The quantitative estimate of drug-likeness (QED) is 0.881. The number of carbonyl (C=O) groups excluding carboxylic acids is 1. The van der Waals surface area contributed by atoms with Crippen molar-refractivity contribution in [2.45, 2.75) is 19.4 Å². The molecule has 2 unspecified atom stereocenters. The molecule has 1 aromatic rings. The number of nitrogens with zero attached hydrogens (tertiary/aromatic N) is 1. The third-order valence-electron chi connectivity index (χ3n) is 3.72. The molecule has 0 bridgehead atoms. The molecule has 2 atom stereocenters. The molecule has 1 amide bonds. The van der Waals surface area contributed by atoms with Crippen LogP contribution < -0.4 is 15.2 Å². The van der Waals surface area contributed by atoms with Crippen molar-refractivity contribution in [2.24, 2.45) is 11.7 Å². The van der Waals surface area contributed by atoms with Crippen molar-refractivity contribution in [2.75, 3.05) is 26.8 Å². The van der Waals surface area contributed by atoms with Crippen molar-refractivity contribution >= 4 is 5.91 Å². The van der Waals surface area contributed by atoms with Crippen LogP contribution in [-0.4, -0.2) is 43.7 Å². The first kappa shape index (κ1) is 14.7. The number of amides is 1. The summed E-state index contributed by atoms with van der Waals surface area (Å²) in [7, 11) is 1.60. The third-order valence-corrected chi connectivity index (χ3v) is 3.72. The molecular weight excluding hydrogens is 256 g/mol. The standard InChI is InChI=1S/C15H22N2O3/c1-11-6-12(8-16)9-17(11)15(18)10-20-14-5-3-4-13(7-14)19-2/h3-5,7,11-12H,6,8-10,16H2,1-2H3. The first-order valence-corrected chi connectivity index (χ1v) is 6.90. The number of benzene rings is 1. The van der Waals surface area contributed by atoms with Gasteiger partial charge in [-0.3, -0.25) is 4.79 Å². The normalized spacial score (nSPS) is 21.9. The average molecular weight is 278 g/mol. The van der Waals surface area contributed by atoms with Gasteiger partial charge in [0, 0.05) is 18.7 Å². The summed E-state index contributed by atoms with van der Waals surface area (Å²) >= 11 is 0. The molecule has 1 fully saturated rings. The molecule has 1 aliphatic rings. The highest BCUT2D eigenvalue weighted by Crippen LogP contribution is 2.23. The van der Waals surface area contributed by atoms with E-state index in [4.69, 9.17) is 15.2 Å². The van der Waals surface area contributed by atoms with E-state index >= 15 is 0 Å². The predicted molar refractivity (Wildman–Crippen MR) is 76.8 cm³/mol. The molecule has 0 radical (unpaired) electrons. The Kier molecular flexibility index (Phi) is 4.84. The summed E-state index contributed by atoms with van der Waals surface area (Å²) in [6.07, 6.45) is 0.974. The zero-order valence-corrected chi connectivity index (χ0v) is 12.0. The Balaban J connectivity index is 1.88. The molecule has 20 heavy (non-hydrogen) atoms. The molecule has 2 rings (SSSR count). The van der Waals surface area contributed by atoms with Crippen LogP contribution >= 0.6 is 0 Å². The van der Waals surface area contributed by atoms with E-state index in [1.54, 1.807) is 13.2 Å². The molecule has 5 heteroatoms. The van der Waals surface area contributed by atoms with Gasteiger partial charge in [0.15, 0.2) is 6.61 Å². The molecule has 0 saturated carbocycles. The number of rotatable bonds is 5. The lowest BCUT2D eigenvalue weighted by Crippen LogP contribution is -2.37. The van der Waals surface area contributed by atoms with Crippen LogP contribution in [0.4, 0.5) is 0 Å². The first-order valence-electron chi connectivity index (χ1n) is 6.90. The number of hydrogen-bond acceptors (Lipinski definition) is 4. The van der Waals surface area contributed by atoms with Gasteiger partial charge in [0.25, 0.3) is 5.91 Å². The van der Waals surface area contributed by atoms with E-state index in [0.29, 0.717) is 24.0 Å². The summed E-state index contributed by atoms with van der Waals surface area (Å²) in [5, 5.41) is 0. The highest BCUT2D eigenvalue weighted by molar-refractivity contribution is 5.78. The lowest BCUT2D eigenvalue weighted by molar-refractivity contribution is -0.134. The van der Waals surface area contributed by atoms with Crippen LogP contribution in [0.5, 0.6) is 11.5 Å². The van der Waals surface area contributed by atoms with Crippen LogP contribution in [0, 0.1) is 5.92 Å². The monoisotopic (exact) mass is 278 g/mol. The maximum Gasteiger partial charge on any atom is 0.260 e.